The van der Waals surface area contributed by atoms with Crippen molar-refractivity contribution >= 4 is 11.8 Å². The zero-order valence-electron chi connectivity index (χ0n) is 21.8. The smallest absolute Gasteiger partial charge is 0.237 e. The van der Waals surface area contributed by atoms with Gasteiger partial charge in [0.15, 0.2) is 5.16 Å². The minimum atomic E-state index is 0.452. The quantitative estimate of drug-likeness (QED) is 0.204. The summed E-state index contributed by atoms with van der Waals surface area (Å²) in [7, 11) is 3.21. The highest BCUT2D eigenvalue weighted by atomic mass is 32.2. The van der Waals surface area contributed by atoms with E-state index in [4.69, 9.17) is 14.0 Å². The molecule has 0 unspecified atom stereocenters. The second kappa shape index (κ2) is 11.5. The molecule has 0 amide bonds. The molecule has 0 radical (unpaired) electrons. The molecule has 0 N–H and O–H groups in total. The fourth-order valence-corrected chi connectivity index (χ4v) is 4.92. The molecule has 2 heterocycles. The molecule has 0 spiro atoms. The lowest BCUT2D eigenvalue weighted by atomic mass is 10.1. The van der Waals surface area contributed by atoms with Crippen LogP contribution in [0.1, 0.15) is 28.4 Å². The number of ether oxygens (including phenoxy) is 2. The van der Waals surface area contributed by atoms with Crippen LogP contribution in [0.3, 0.4) is 0 Å². The fourth-order valence-electron chi connectivity index (χ4n) is 4.11. The molecule has 5 aromatic rings. The van der Waals surface area contributed by atoms with Crippen molar-refractivity contribution in [3.8, 4) is 28.6 Å². The van der Waals surface area contributed by atoms with Crippen LogP contribution in [-0.2, 0) is 18.6 Å². The summed E-state index contributed by atoms with van der Waals surface area (Å²) >= 11 is 1.51. The third-order valence-corrected chi connectivity index (χ3v) is 7.29. The molecule has 0 saturated heterocycles. The third kappa shape index (κ3) is 5.57. The lowest BCUT2D eigenvalue weighted by Gasteiger charge is -2.12. The molecule has 9 heteroatoms. The number of rotatable bonds is 10. The average molecular weight is 528 g/mol. The molecule has 0 bridgehead atoms. The van der Waals surface area contributed by atoms with Crippen molar-refractivity contribution in [2.45, 2.75) is 37.6 Å². The Morgan fingerprint density at radius 1 is 0.868 bits per heavy atom. The van der Waals surface area contributed by atoms with Crippen LogP contribution in [0.5, 0.6) is 11.5 Å². The third-order valence-electron chi connectivity index (χ3n) is 6.37. The van der Waals surface area contributed by atoms with E-state index in [0.29, 0.717) is 29.0 Å². The largest absolute Gasteiger partial charge is 0.497 e. The van der Waals surface area contributed by atoms with Crippen LogP contribution in [0, 0.1) is 13.8 Å². The number of thioether (sulfide) groups is 1. The lowest BCUT2D eigenvalue weighted by Crippen LogP contribution is -2.05. The van der Waals surface area contributed by atoms with Gasteiger partial charge in [0.2, 0.25) is 11.7 Å². The lowest BCUT2D eigenvalue weighted by molar-refractivity contribution is 0.388. The summed E-state index contributed by atoms with van der Waals surface area (Å²) in [5, 5.41) is 14.0. The van der Waals surface area contributed by atoms with E-state index in [-0.39, 0.29) is 0 Å². The molecule has 8 nitrogen and oxygen atoms in total. The summed E-state index contributed by atoms with van der Waals surface area (Å²) in [5.74, 6) is 3.62. The highest BCUT2D eigenvalue weighted by molar-refractivity contribution is 7.98. The first-order valence-electron chi connectivity index (χ1n) is 12.3. The van der Waals surface area contributed by atoms with Crippen molar-refractivity contribution in [1.82, 2.24) is 24.9 Å². The van der Waals surface area contributed by atoms with Gasteiger partial charge in [-0.15, -0.1) is 10.2 Å². The van der Waals surface area contributed by atoms with E-state index in [1.54, 1.807) is 20.3 Å². The number of nitrogens with zero attached hydrogens (tertiary/aromatic N) is 5. The van der Waals surface area contributed by atoms with E-state index in [1.165, 1.54) is 28.5 Å². The second-order valence-corrected chi connectivity index (χ2v) is 9.80. The van der Waals surface area contributed by atoms with Gasteiger partial charge >= 0.3 is 0 Å². The molecule has 194 valence electrons. The average Bonchev–Trinajstić information content (AvgIpc) is 3.59. The van der Waals surface area contributed by atoms with Crippen molar-refractivity contribution < 1.29 is 14.0 Å². The number of methoxy groups -OCH3 is 2. The zero-order valence-corrected chi connectivity index (χ0v) is 22.7. The van der Waals surface area contributed by atoms with Gasteiger partial charge < -0.3 is 14.0 Å². The van der Waals surface area contributed by atoms with Crippen molar-refractivity contribution in [3.63, 3.8) is 0 Å². The number of hydrogen-bond acceptors (Lipinski definition) is 8. The molecular weight excluding hydrogens is 498 g/mol. The Labute approximate surface area is 226 Å². The Morgan fingerprint density at radius 2 is 1.71 bits per heavy atom. The summed E-state index contributed by atoms with van der Waals surface area (Å²) in [6.07, 6.45) is 1.65. The number of benzene rings is 3. The Bertz CT molecular complexity index is 1530. The zero-order chi connectivity index (χ0) is 26.5. The molecule has 38 heavy (non-hydrogen) atoms. The van der Waals surface area contributed by atoms with Crippen LogP contribution in [0.25, 0.3) is 17.1 Å². The van der Waals surface area contributed by atoms with Gasteiger partial charge in [0.25, 0.3) is 0 Å². The van der Waals surface area contributed by atoms with Gasteiger partial charge in [-0.3, -0.25) is 4.57 Å². The van der Waals surface area contributed by atoms with E-state index >= 15 is 0 Å². The number of aromatic nitrogens is 5. The van der Waals surface area contributed by atoms with Gasteiger partial charge in [-0.2, -0.15) is 4.98 Å². The molecule has 0 aliphatic rings. The topological polar surface area (TPSA) is 88.1 Å². The number of hydrogen-bond donors (Lipinski definition) is 0. The first-order valence-corrected chi connectivity index (χ1v) is 13.3. The van der Waals surface area contributed by atoms with E-state index in [0.717, 1.165) is 35.1 Å². The van der Waals surface area contributed by atoms with Gasteiger partial charge in [0, 0.05) is 18.2 Å². The maximum absolute atomic E-state index is 5.56. The van der Waals surface area contributed by atoms with Gasteiger partial charge in [-0.1, -0.05) is 53.3 Å². The van der Waals surface area contributed by atoms with Crippen LogP contribution < -0.4 is 9.47 Å². The SMILES string of the molecule is COc1ccc(-c2noc(CSc3nnc(CCc4ccccc4)n3-c3ccc(C)c(C)c3)n2)c(OC)c1. The normalized spacial score (nSPS) is 11.1. The van der Waals surface area contributed by atoms with Crippen molar-refractivity contribution in [3.05, 3.63) is 95.1 Å². The minimum Gasteiger partial charge on any atom is -0.497 e. The van der Waals surface area contributed by atoms with E-state index < -0.39 is 0 Å². The predicted molar refractivity (Wildman–Crippen MR) is 147 cm³/mol. The molecule has 0 atom stereocenters. The minimum absolute atomic E-state index is 0.452. The maximum atomic E-state index is 5.56. The van der Waals surface area contributed by atoms with Crippen LogP contribution in [-0.4, -0.2) is 39.1 Å². The monoisotopic (exact) mass is 527 g/mol. The Kier molecular flexibility index (Phi) is 7.74. The first kappa shape index (κ1) is 25.5. The standard InChI is InChI=1S/C29H29N5O3S/c1-19-10-12-22(16-20(19)2)34-26(15-11-21-8-6-5-7-9-21)31-32-29(34)38-18-27-30-28(33-37-27)24-14-13-23(35-3)17-25(24)36-4/h5-10,12-14,16-17H,11,15,18H2,1-4H3. The van der Waals surface area contributed by atoms with Gasteiger partial charge in [0.05, 0.1) is 25.5 Å². The summed E-state index contributed by atoms with van der Waals surface area (Å²) in [5.41, 5.74) is 5.50. The van der Waals surface area contributed by atoms with E-state index in [2.05, 4.69) is 81.2 Å². The summed E-state index contributed by atoms with van der Waals surface area (Å²) in [4.78, 5) is 4.59. The van der Waals surface area contributed by atoms with E-state index in [9.17, 15) is 0 Å². The first-order chi connectivity index (χ1) is 18.6. The highest BCUT2D eigenvalue weighted by Gasteiger charge is 2.18. The Balaban J connectivity index is 1.38. The maximum Gasteiger partial charge on any atom is 0.237 e. The van der Waals surface area contributed by atoms with Gasteiger partial charge in [0.1, 0.15) is 17.3 Å². The van der Waals surface area contributed by atoms with Crippen LogP contribution in [0.4, 0.5) is 0 Å². The summed E-state index contributed by atoms with van der Waals surface area (Å²) in [6, 6.07) is 22.3. The Hall–Kier alpha value is -4.11. The molecule has 0 saturated carbocycles. The second-order valence-electron chi connectivity index (χ2n) is 8.85. The molecule has 2 aromatic heterocycles. The van der Waals surface area contributed by atoms with Gasteiger partial charge in [-0.05, 0) is 61.2 Å². The predicted octanol–water partition coefficient (Wildman–Crippen LogP) is 6.03. The van der Waals surface area contributed by atoms with Crippen LogP contribution in [0.15, 0.2) is 76.4 Å². The molecular formula is C29H29N5O3S. The molecule has 0 aliphatic carbocycles. The van der Waals surface area contributed by atoms with E-state index in [1.807, 2.05) is 18.2 Å². The molecule has 0 aliphatic heterocycles. The highest BCUT2D eigenvalue weighted by Crippen LogP contribution is 2.32. The van der Waals surface area contributed by atoms with Crippen molar-refractivity contribution in [2.75, 3.05) is 14.2 Å². The summed E-state index contributed by atoms with van der Waals surface area (Å²) < 4.78 is 18.5. The number of aryl methyl sites for hydroxylation is 4. The molecule has 3 aromatic carbocycles. The summed E-state index contributed by atoms with van der Waals surface area (Å²) in [6.45, 7) is 4.23. The fraction of sp³-hybridized carbons (Fsp3) is 0.241. The van der Waals surface area contributed by atoms with Gasteiger partial charge in [-0.25, -0.2) is 0 Å². The molecule has 5 rings (SSSR count). The molecule has 0 fully saturated rings. The Morgan fingerprint density at radius 3 is 2.47 bits per heavy atom. The van der Waals surface area contributed by atoms with Crippen LogP contribution in [0.2, 0.25) is 0 Å². The van der Waals surface area contributed by atoms with Crippen molar-refractivity contribution in [1.29, 1.82) is 0 Å². The van der Waals surface area contributed by atoms with Crippen LogP contribution >= 0.6 is 11.8 Å². The van der Waals surface area contributed by atoms with Crippen molar-refractivity contribution in [2.24, 2.45) is 0 Å².